The minimum atomic E-state index is 0.759. The van der Waals surface area contributed by atoms with Crippen molar-refractivity contribution >= 4 is 5.69 Å². The molecule has 0 unspecified atom stereocenters. The van der Waals surface area contributed by atoms with Crippen molar-refractivity contribution in [3.63, 3.8) is 0 Å². The summed E-state index contributed by atoms with van der Waals surface area (Å²) >= 11 is 0. The van der Waals surface area contributed by atoms with Crippen LogP contribution in [0.2, 0.25) is 0 Å². The van der Waals surface area contributed by atoms with E-state index < -0.39 is 0 Å². The molecule has 92 valence electrons. The summed E-state index contributed by atoms with van der Waals surface area (Å²) in [6.07, 6.45) is 3.59. The summed E-state index contributed by atoms with van der Waals surface area (Å²) in [6.45, 7) is 0. The summed E-state index contributed by atoms with van der Waals surface area (Å²) < 4.78 is 0. The molecule has 1 aromatic carbocycles. The van der Waals surface area contributed by atoms with Crippen LogP contribution in [0.4, 0.5) is 5.69 Å². The number of aromatic nitrogens is 2. The number of para-hydroxylation sites is 1. The fourth-order valence-electron chi connectivity index (χ4n) is 1.98. The monoisotopic (exact) mass is 247 g/mol. The molecule has 2 N–H and O–H groups in total. The van der Waals surface area contributed by atoms with Crippen LogP contribution in [-0.4, -0.2) is 9.97 Å². The van der Waals surface area contributed by atoms with E-state index in [4.69, 9.17) is 5.73 Å². The maximum absolute atomic E-state index is 5.96. The van der Waals surface area contributed by atoms with Crippen LogP contribution >= 0.6 is 0 Å². The second-order valence-corrected chi connectivity index (χ2v) is 4.23. The van der Waals surface area contributed by atoms with Crippen LogP contribution in [0.1, 0.15) is 0 Å². The molecular weight excluding hydrogens is 234 g/mol. The van der Waals surface area contributed by atoms with Crippen molar-refractivity contribution in [2.75, 3.05) is 5.73 Å². The van der Waals surface area contributed by atoms with Gasteiger partial charge in [0.2, 0.25) is 0 Å². The maximum Gasteiger partial charge on any atom is 0.0886 e. The lowest BCUT2D eigenvalue weighted by molar-refractivity contribution is 1.25. The number of hydrogen-bond donors (Lipinski definition) is 1. The molecule has 2 aromatic heterocycles. The number of anilines is 1. The molecule has 0 radical (unpaired) electrons. The number of pyridine rings is 2. The van der Waals surface area contributed by atoms with Gasteiger partial charge in [-0.15, -0.1) is 0 Å². The summed E-state index contributed by atoms with van der Waals surface area (Å²) in [5.41, 5.74) is 10.5. The summed E-state index contributed by atoms with van der Waals surface area (Å²) in [6, 6.07) is 17.5. The summed E-state index contributed by atoms with van der Waals surface area (Å²) in [5.74, 6) is 0. The fraction of sp³-hybridized carbons (Fsp3) is 0. The largest absolute Gasteiger partial charge is 0.398 e. The molecule has 0 aliphatic rings. The van der Waals surface area contributed by atoms with E-state index in [0.29, 0.717) is 0 Å². The second kappa shape index (κ2) is 4.90. The van der Waals surface area contributed by atoms with Crippen molar-refractivity contribution in [3.8, 4) is 22.5 Å². The molecule has 0 fully saturated rings. The number of nitrogens with two attached hydrogens (primary N) is 1. The van der Waals surface area contributed by atoms with Crippen molar-refractivity contribution in [2.24, 2.45) is 0 Å². The molecule has 3 rings (SSSR count). The van der Waals surface area contributed by atoms with Gasteiger partial charge in [0, 0.05) is 29.2 Å². The smallest absolute Gasteiger partial charge is 0.0886 e. The van der Waals surface area contributed by atoms with E-state index in [2.05, 4.69) is 9.97 Å². The van der Waals surface area contributed by atoms with Gasteiger partial charge in [-0.3, -0.25) is 9.97 Å². The van der Waals surface area contributed by atoms with E-state index in [-0.39, 0.29) is 0 Å². The summed E-state index contributed by atoms with van der Waals surface area (Å²) in [7, 11) is 0. The standard InChI is InChI=1S/C16H13N3/c17-14-6-2-1-5-13(14)12-8-9-16(19-11-12)15-7-3-4-10-18-15/h1-11H,17H2. The van der Waals surface area contributed by atoms with Crippen molar-refractivity contribution in [1.29, 1.82) is 0 Å². The molecular formula is C16H13N3. The van der Waals surface area contributed by atoms with Crippen LogP contribution in [0.5, 0.6) is 0 Å². The van der Waals surface area contributed by atoms with E-state index in [9.17, 15) is 0 Å². The molecule has 0 aliphatic heterocycles. The van der Waals surface area contributed by atoms with Crippen molar-refractivity contribution < 1.29 is 0 Å². The number of rotatable bonds is 2. The van der Waals surface area contributed by atoms with Gasteiger partial charge < -0.3 is 5.73 Å². The lowest BCUT2D eigenvalue weighted by atomic mass is 10.1. The zero-order valence-corrected chi connectivity index (χ0v) is 10.3. The van der Waals surface area contributed by atoms with Crippen LogP contribution in [0.25, 0.3) is 22.5 Å². The van der Waals surface area contributed by atoms with E-state index in [1.807, 2.05) is 60.8 Å². The molecule has 2 heterocycles. The van der Waals surface area contributed by atoms with E-state index >= 15 is 0 Å². The Hall–Kier alpha value is -2.68. The van der Waals surface area contributed by atoms with Gasteiger partial charge in [-0.25, -0.2) is 0 Å². The summed E-state index contributed by atoms with van der Waals surface area (Å²) in [5, 5.41) is 0. The van der Waals surface area contributed by atoms with Gasteiger partial charge in [0.15, 0.2) is 0 Å². The Morgan fingerprint density at radius 3 is 2.21 bits per heavy atom. The Kier molecular flexibility index (Phi) is 2.94. The highest BCUT2D eigenvalue weighted by atomic mass is 14.8. The average molecular weight is 247 g/mol. The third-order valence-electron chi connectivity index (χ3n) is 2.96. The minimum Gasteiger partial charge on any atom is -0.398 e. The zero-order valence-electron chi connectivity index (χ0n) is 10.3. The predicted octanol–water partition coefficient (Wildman–Crippen LogP) is 3.39. The van der Waals surface area contributed by atoms with E-state index in [0.717, 1.165) is 28.2 Å². The van der Waals surface area contributed by atoms with Gasteiger partial charge in [0.05, 0.1) is 11.4 Å². The van der Waals surface area contributed by atoms with Gasteiger partial charge in [-0.1, -0.05) is 30.3 Å². The number of nitrogen functional groups attached to an aromatic ring is 1. The van der Waals surface area contributed by atoms with Crippen LogP contribution < -0.4 is 5.73 Å². The molecule has 3 nitrogen and oxygen atoms in total. The van der Waals surface area contributed by atoms with Crippen LogP contribution in [-0.2, 0) is 0 Å². The van der Waals surface area contributed by atoms with E-state index in [1.54, 1.807) is 6.20 Å². The van der Waals surface area contributed by atoms with Gasteiger partial charge in [0.1, 0.15) is 0 Å². The molecule has 0 amide bonds. The predicted molar refractivity (Wildman–Crippen MR) is 77.3 cm³/mol. The molecule has 19 heavy (non-hydrogen) atoms. The third kappa shape index (κ3) is 2.31. The lowest BCUT2D eigenvalue weighted by Crippen LogP contribution is -1.91. The highest BCUT2D eigenvalue weighted by Gasteiger charge is 2.04. The van der Waals surface area contributed by atoms with Gasteiger partial charge in [-0.2, -0.15) is 0 Å². The van der Waals surface area contributed by atoms with Crippen LogP contribution in [0.15, 0.2) is 67.0 Å². The summed E-state index contributed by atoms with van der Waals surface area (Å²) in [4.78, 5) is 8.73. The number of nitrogens with zero attached hydrogens (tertiary/aromatic N) is 2. The number of hydrogen-bond acceptors (Lipinski definition) is 3. The van der Waals surface area contributed by atoms with E-state index in [1.165, 1.54) is 0 Å². The molecule has 0 saturated carbocycles. The quantitative estimate of drug-likeness (QED) is 0.706. The Morgan fingerprint density at radius 1 is 0.737 bits per heavy atom. The Bertz CT molecular complexity index is 676. The van der Waals surface area contributed by atoms with Crippen molar-refractivity contribution in [3.05, 3.63) is 67.0 Å². The van der Waals surface area contributed by atoms with Gasteiger partial charge >= 0.3 is 0 Å². The molecule has 3 aromatic rings. The Labute approximate surface area is 111 Å². The first-order valence-electron chi connectivity index (χ1n) is 6.07. The Balaban J connectivity index is 1.98. The second-order valence-electron chi connectivity index (χ2n) is 4.23. The number of benzene rings is 1. The van der Waals surface area contributed by atoms with Crippen LogP contribution in [0.3, 0.4) is 0 Å². The molecule has 0 bridgehead atoms. The normalized spacial score (nSPS) is 10.3. The van der Waals surface area contributed by atoms with Crippen LogP contribution in [0, 0.1) is 0 Å². The highest BCUT2D eigenvalue weighted by molar-refractivity contribution is 5.76. The Morgan fingerprint density at radius 2 is 1.53 bits per heavy atom. The first-order valence-corrected chi connectivity index (χ1v) is 6.07. The zero-order chi connectivity index (χ0) is 13.1. The SMILES string of the molecule is Nc1ccccc1-c1ccc(-c2ccccn2)nc1. The first kappa shape index (κ1) is 11.4. The topological polar surface area (TPSA) is 51.8 Å². The molecule has 0 atom stereocenters. The first-order chi connectivity index (χ1) is 9.34. The van der Waals surface area contributed by atoms with Gasteiger partial charge in [0.25, 0.3) is 0 Å². The molecule has 0 saturated heterocycles. The molecule has 0 aliphatic carbocycles. The van der Waals surface area contributed by atoms with Crippen molar-refractivity contribution in [2.45, 2.75) is 0 Å². The fourth-order valence-corrected chi connectivity index (χ4v) is 1.98. The van der Waals surface area contributed by atoms with Gasteiger partial charge in [-0.05, 0) is 24.3 Å². The lowest BCUT2D eigenvalue weighted by Gasteiger charge is -2.06. The third-order valence-corrected chi connectivity index (χ3v) is 2.96. The minimum absolute atomic E-state index is 0.759. The maximum atomic E-state index is 5.96. The molecule has 3 heteroatoms. The molecule has 0 spiro atoms. The van der Waals surface area contributed by atoms with Crippen molar-refractivity contribution in [1.82, 2.24) is 9.97 Å². The highest BCUT2D eigenvalue weighted by Crippen LogP contribution is 2.26. The average Bonchev–Trinajstić information content (AvgIpc) is 2.49.